The van der Waals surface area contributed by atoms with Gasteiger partial charge in [0.05, 0.1) is 19.8 Å². The van der Waals surface area contributed by atoms with Crippen molar-refractivity contribution in [2.24, 2.45) is 5.92 Å². The second-order valence-corrected chi connectivity index (χ2v) is 10.6. The van der Waals surface area contributed by atoms with Crippen molar-refractivity contribution in [2.75, 3.05) is 19.8 Å². The number of aromatic nitrogens is 4. The van der Waals surface area contributed by atoms with Crippen molar-refractivity contribution < 1.29 is 18.6 Å². The molecule has 1 unspecified atom stereocenters. The van der Waals surface area contributed by atoms with Gasteiger partial charge in [-0.05, 0) is 61.8 Å². The van der Waals surface area contributed by atoms with Gasteiger partial charge in [0.25, 0.3) is 0 Å². The topological polar surface area (TPSA) is 92.4 Å². The molecule has 5 rings (SSSR count). The predicted octanol–water partition coefficient (Wildman–Crippen LogP) is 8.12. The first-order valence-corrected chi connectivity index (χ1v) is 14.9. The van der Waals surface area contributed by atoms with Gasteiger partial charge in [-0.3, -0.25) is 0 Å². The summed E-state index contributed by atoms with van der Waals surface area (Å²) in [5, 5.41) is 0. The Labute approximate surface area is 242 Å². The van der Waals surface area contributed by atoms with Crippen molar-refractivity contribution in [1.29, 1.82) is 0 Å². The maximum absolute atomic E-state index is 6.34. The Morgan fingerprint density at radius 3 is 2.22 bits per heavy atom. The summed E-state index contributed by atoms with van der Waals surface area (Å²) < 4.78 is 23.5. The minimum Gasteiger partial charge on any atom is -0.493 e. The number of benzene rings is 2. The average Bonchev–Trinajstić information content (AvgIpc) is 3.41. The molecule has 1 saturated carbocycles. The van der Waals surface area contributed by atoms with E-state index >= 15 is 0 Å². The predicted molar refractivity (Wildman–Crippen MR) is 161 cm³/mol. The molecule has 1 fully saturated rings. The summed E-state index contributed by atoms with van der Waals surface area (Å²) >= 11 is 0. The highest BCUT2D eigenvalue weighted by molar-refractivity contribution is 5.79. The molecule has 0 bridgehead atoms. The molecular formula is C33H40N4O4. The van der Waals surface area contributed by atoms with Gasteiger partial charge in [0.2, 0.25) is 5.89 Å². The molecule has 1 aliphatic rings. The van der Waals surface area contributed by atoms with Crippen molar-refractivity contribution in [3.05, 3.63) is 53.4 Å². The SMILES string of the molecule is CCOc1nc(OCC)nc(-c2ccc(C=Cc3nc4cc(C5CCCCC5)c(OCC(C)CC)cc4o3)cc2)n1. The van der Waals surface area contributed by atoms with Crippen molar-refractivity contribution in [3.8, 4) is 29.2 Å². The summed E-state index contributed by atoms with van der Waals surface area (Å²) in [5.41, 5.74) is 4.75. The van der Waals surface area contributed by atoms with Gasteiger partial charge in [-0.1, -0.05) is 63.8 Å². The highest BCUT2D eigenvalue weighted by Crippen LogP contribution is 2.40. The summed E-state index contributed by atoms with van der Waals surface area (Å²) in [6.45, 7) is 9.83. The van der Waals surface area contributed by atoms with Gasteiger partial charge in [-0.15, -0.1) is 4.98 Å². The summed E-state index contributed by atoms with van der Waals surface area (Å²) in [7, 11) is 0. The van der Waals surface area contributed by atoms with E-state index in [1.807, 2.05) is 56.3 Å². The van der Waals surface area contributed by atoms with Crippen LogP contribution in [0.3, 0.4) is 0 Å². The maximum Gasteiger partial charge on any atom is 0.323 e. The first-order valence-electron chi connectivity index (χ1n) is 14.9. The van der Waals surface area contributed by atoms with Gasteiger partial charge in [0, 0.05) is 17.7 Å². The van der Waals surface area contributed by atoms with E-state index in [9.17, 15) is 0 Å². The van der Waals surface area contributed by atoms with Crippen LogP contribution in [0.2, 0.25) is 0 Å². The van der Waals surface area contributed by atoms with E-state index in [4.69, 9.17) is 23.6 Å². The molecular weight excluding hydrogens is 516 g/mol. The molecule has 0 N–H and O–H groups in total. The third kappa shape index (κ3) is 7.23. The molecule has 41 heavy (non-hydrogen) atoms. The third-order valence-corrected chi connectivity index (χ3v) is 7.53. The second kappa shape index (κ2) is 13.6. The van der Waals surface area contributed by atoms with Crippen LogP contribution >= 0.6 is 0 Å². The number of ether oxygens (including phenoxy) is 3. The van der Waals surface area contributed by atoms with Crippen LogP contribution in [-0.4, -0.2) is 39.8 Å². The minimum absolute atomic E-state index is 0.251. The first-order chi connectivity index (χ1) is 20.1. The quantitative estimate of drug-likeness (QED) is 0.173. The number of oxazole rings is 1. The lowest BCUT2D eigenvalue weighted by Crippen LogP contribution is -2.11. The number of hydrogen-bond donors (Lipinski definition) is 0. The van der Waals surface area contributed by atoms with Crippen LogP contribution in [0.25, 0.3) is 34.6 Å². The van der Waals surface area contributed by atoms with Crippen molar-refractivity contribution >= 4 is 23.3 Å². The number of fused-ring (bicyclic) bond motifs is 1. The average molecular weight is 557 g/mol. The van der Waals surface area contributed by atoms with E-state index in [-0.39, 0.29) is 12.0 Å². The zero-order valence-corrected chi connectivity index (χ0v) is 24.6. The zero-order valence-electron chi connectivity index (χ0n) is 24.6. The van der Waals surface area contributed by atoms with Crippen molar-refractivity contribution in [1.82, 2.24) is 19.9 Å². The molecule has 8 heteroatoms. The Balaban J connectivity index is 1.36. The molecule has 0 saturated heterocycles. The summed E-state index contributed by atoms with van der Waals surface area (Å²) in [6, 6.07) is 12.7. The van der Waals surface area contributed by atoms with Crippen LogP contribution in [0.5, 0.6) is 17.8 Å². The smallest absolute Gasteiger partial charge is 0.323 e. The van der Waals surface area contributed by atoms with Crippen LogP contribution in [0.4, 0.5) is 0 Å². The van der Waals surface area contributed by atoms with E-state index in [0.717, 1.165) is 34.4 Å². The molecule has 0 radical (unpaired) electrons. The van der Waals surface area contributed by atoms with Crippen LogP contribution < -0.4 is 14.2 Å². The Morgan fingerprint density at radius 1 is 0.854 bits per heavy atom. The lowest BCUT2D eigenvalue weighted by Gasteiger charge is -2.24. The van der Waals surface area contributed by atoms with E-state index in [0.29, 0.717) is 43.4 Å². The summed E-state index contributed by atoms with van der Waals surface area (Å²) in [5.74, 6) is 3.05. The fourth-order valence-electron chi connectivity index (χ4n) is 5.03. The van der Waals surface area contributed by atoms with E-state index in [1.54, 1.807) is 0 Å². The van der Waals surface area contributed by atoms with E-state index in [1.165, 1.54) is 37.7 Å². The van der Waals surface area contributed by atoms with E-state index in [2.05, 4.69) is 34.9 Å². The molecule has 1 atom stereocenters. The third-order valence-electron chi connectivity index (χ3n) is 7.53. The number of rotatable bonds is 12. The number of nitrogens with zero attached hydrogens (tertiary/aromatic N) is 4. The van der Waals surface area contributed by atoms with Gasteiger partial charge >= 0.3 is 12.0 Å². The van der Waals surface area contributed by atoms with Gasteiger partial charge in [0.1, 0.15) is 11.3 Å². The maximum atomic E-state index is 6.34. The molecule has 216 valence electrons. The fourth-order valence-corrected chi connectivity index (χ4v) is 5.03. The molecule has 2 aromatic heterocycles. The molecule has 0 aliphatic heterocycles. The number of hydrogen-bond acceptors (Lipinski definition) is 8. The highest BCUT2D eigenvalue weighted by atomic mass is 16.5. The van der Waals surface area contributed by atoms with Crippen LogP contribution in [0.1, 0.15) is 89.2 Å². The molecule has 1 aliphatic carbocycles. The Morgan fingerprint density at radius 2 is 1.56 bits per heavy atom. The lowest BCUT2D eigenvalue weighted by atomic mass is 9.83. The molecule has 4 aromatic rings. The molecule has 8 nitrogen and oxygen atoms in total. The molecule has 2 heterocycles. The van der Waals surface area contributed by atoms with Crippen LogP contribution in [0.15, 0.2) is 40.8 Å². The Kier molecular flexibility index (Phi) is 9.49. The van der Waals surface area contributed by atoms with Gasteiger partial charge in [-0.25, -0.2) is 4.98 Å². The first kappa shape index (κ1) is 28.6. The van der Waals surface area contributed by atoms with Crippen molar-refractivity contribution in [2.45, 2.75) is 72.1 Å². The molecule has 0 amide bonds. The largest absolute Gasteiger partial charge is 0.493 e. The zero-order chi connectivity index (χ0) is 28.6. The standard InChI is InChI=1S/C33H40N4O4/c1-5-22(4)21-40-28-20-29-27(19-26(28)24-11-9-8-10-12-24)34-30(41-29)18-15-23-13-16-25(17-14-23)31-35-32(38-6-2)37-33(36-31)39-7-3/h13-20,22,24H,5-12,21H2,1-4H3. The van der Waals surface area contributed by atoms with Gasteiger partial charge in [-0.2, -0.15) is 9.97 Å². The second-order valence-electron chi connectivity index (χ2n) is 10.6. The Hall–Kier alpha value is -3.94. The van der Waals surface area contributed by atoms with E-state index < -0.39 is 0 Å². The lowest BCUT2D eigenvalue weighted by molar-refractivity contribution is 0.251. The Bertz CT molecular complexity index is 1430. The molecule has 2 aromatic carbocycles. The minimum atomic E-state index is 0.251. The van der Waals surface area contributed by atoms with Gasteiger partial charge < -0.3 is 18.6 Å². The van der Waals surface area contributed by atoms with Gasteiger partial charge in [0.15, 0.2) is 11.4 Å². The summed E-state index contributed by atoms with van der Waals surface area (Å²) in [4.78, 5) is 17.8. The van der Waals surface area contributed by atoms with Crippen LogP contribution in [-0.2, 0) is 0 Å². The highest BCUT2D eigenvalue weighted by Gasteiger charge is 2.22. The molecule has 0 spiro atoms. The normalized spacial score (nSPS) is 14.9. The van der Waals surface area contributed by atoms with Crippen molar-refractivity contribution in [3.63, 3.8) is 0 Å². The van der Waals surface area contributed by atoms with Crippen LogP contribution in [0, 0.1) is 5.92 Å². The fraction of sp³-hybridized carbons (Fsp3) is 0.455. The summed E-state index contributed by atoms with van der Waals surface area (Å²) in [6.07, 6.45) is 11.3. The monoisotopic (exact) mass is 556 g/mol.